The molecule has 0 bridgehead atoms. The molecule has 3 N–H and O–H groups in total. The Kier molecular flexibility index (Phi) is 6.55. The highest BCUT2D eigenvalue weighted by Gasteiger charge is 2.35. The number of hydrogen-bond acceptors (Lipinski definition) is 4. The average Bonchev–Trinajstić information content (AvgIpc) is 3.11. The molecule has 178 valence electrons. The Hall–Kier alpha value is -3.48. The van der Waals surface area contributed by atoms with Crippen molar-refractivity contribution < 1.29 is 14.4 Å². The van der Waals surface area contributed by atoms with Crippen LogP contribution in [0, 0.1) is 12.3 Å². The summed E-state index contributed by atoms with van der Waals surface area (Å²) in [5.74, 6) is -0.598. The largest absolute Gasteiger partial charge is 0.354 e. The summed E-state index contributed by atoms with van der Waals surface area (Å²) in [6.07, 6.45) is 6.73. The highest BCUT2D eigenvalue weighted by Crippen LogP contribution is 2.36. The summed E-state index contributed by atoms with van der Waals surface area (Å²) in [6.45, 7) is 7.94. The second-order valence-electron chi connectivity index (χ2n) is 9.99. The first kappa shape index (κ1) is 23.7. The molecule has 2 amide bonds. The van der Waals surface area contributed by atoms with Gasteiger partial charge < -0.3 is 15.6 Å². The van der Waals surface area contributed by atoms with Crippen LogP contribution in [0.25, 0.3) is 10.8 Å². The number of rotatable bonds is 7. The van der Waals surface area contributed by atoms with Crippen molar-refractivity contribution in [2.75, 3.05) is 5.32 Å². The van der Waals surface area contributed by atoms with Crippen LogP contribution in [0.1, 0.15) is 78.6 Å². The Morgan fingerprint density at radius 3 is 2.71 bits per heavy atom. The highest BCUT2D eigenvalue weighted by molar-refractivity contribution is 6.07. The number of Topliss-reactive ketones (excluding diaryl/α,β-unsaturated/α-hetero) is 1. The van der Waals surface area contributed by atoms with Gasteiger partial charge in [0.15, 0.2) is 5.78 Å². The molecule has 0 saturated carbocycles. The van der Waals surface area contributed by atoms with E-state index in [1.54, 1.807) is 19.3 Å². The number of anilines is 1. The van der Waals surface area contributed by atoms with Crippen LogP contribution in [0.5, 0.6) is 0 Å². The third-order valence-corrected chi connectivity index (χ3v) is 6.52. The number of amides is 2. The minimum Gasteiger partial charge on any atom is -0.354 e. The summed E-state index contributed by atoms with van der Waals surface area (Å²) in [4.78, 5) is 46.6. The zero-order valence-corrected chi connectivity index (χ0v) is 20.2. The number of H-pyrrole nitrogens is 1. The number of hydrogen-bond donors (Lipinski definition) is 3. The smallest absolute Gasteiger partial charge is 0.268 e. The van der Waals surface area contributed by atoms with Crippen molar-refractivity contribution in [3.8, 4) is 0 Å². The van der Waals surface area contributed by atoms with E-state index in [0.29, 0.717) is 41.8 Å². The second-order valence-corrected chi connectivity index (χ2v) is 9.99. The van der Waals surface area contributed by atoms with Crippen molar-refractivity contribution in [3.05, 3.63) is 59.2 Å². The number of ketones is 1. The molecule has 0 spiro atoms. The van der Waals surface area contributed by atoms with E-state index < -0.39 is 6.04 Å². The Morgan fingerprint density at radius 2 is 1.94 bits per heavy atom. The number of carbonyl (C=O) groups is 3. The summed E-state index contributed by atoms with van der Waals surface area (Å²) in [5.41, 5.74) is 2.91. The van der Waals surface area contributed by atoms with Gasteiger partial charge in [0.1, 0.15) is 11.7 Å². The number of carbonyl (C=O) groups excluding carboxylic acids is 3. The predicted octanol–water partition coefficient (Wildman–Crippen LogP) is 4.95. The average molecular weight is 461 g/mol. The molecule has 7 heteroatoms. The number of fused-ring (bicyclic) bond motifs is 2. The molecule has 34 heavy (non-hydrogen) atoms. The van der Waals surface area contributed by atoms with E-state index in [1.807, 2.05) is 31.2 Å². The van der Waals surface area contributed by atoms with Crippen molar-refractivity contribution in [1.29, 1.82) is 0 Å². The number of pyridine rings is 1. The van der Waals surface area contributed by atoms with Crippen molar-refractivity contribution in [2.45, 2.75) is 65.8 Å². The summed E-state index contributed by atoms with van der Waals surface area (Å²) in [6, 6.07) is 6.99. The lowest BCUT2D eigenvalue weighted by Gasteiger charge is -2.28. The fourth-order valence-electron chi connectivity index (χ4n) is 4.80. The van der Waals surface area contributed by atoms with Crippen molar-refractivity contribution in [1.82, 2.24) is 15.3 Å². The molecule has 7 nitrogen and oxygen atoms in total. The summed E-state index contributed by atoms with van der Waals surface area (Å²) >= 11 is 0. The van der Waals surface area contributed by atoms with Gasteiger partial charge in [-0.2, -0.15) is 0 Å². The monoisotopic (exact) mass is 460 g/mol. The Labute approximate surface area is 199 Å². The van der Waals surface area contributed by atoms with E-state index in [0.717, 1.165) is 29.3 Å². The van der Waals surface area contributed by atoms with Crippen LogP contribution in [0.15, 0.2) is 36.7 Å². The molecule has 1 aliphatic carbocycles. The third-order valence-electron chi connectivity index (χ3n) is 6.52. The normalized spacial score (nSPS) is 15.6. The number of nitrogens with one attached hydrogen (secondary N) is 3. The van der Waals surface area contributed by atoms with E-state index in [2.05, 4.69) is 34.4 Å². The molecule has 1 aromatic carbocycles. The molecular weight excluding hydrogens is 428 g/mol. The molecule has 2 aromatic heterocycles. The van der Waals surface area contributed by atoms with Gasteiger partial charge in [-0.1, -0.05) is 57.9 Å². The topological polar surface area (TPSA) is 104 Å². The molecule has 0 fully saturated rings. The Bertz CT molecular complexity index is 1250. The van der Waals surface area contributed by atoms with E-state index in [4.69, 9.17) is 0 Å². The first-order valence-corrected chi connectivity index (χ1v) is 11.9. The molecule has 0 saturated heterocycles. The van der Waals surface area contributed by atoms with Crippen LogP contribution in [0.4, 0.5) is 5.69 Å². The molecule has 0 aliphatic heterocycles. The van der Waals surface area contributed by atoms with Crippen molar-refractivity contribution in [3.63, 3.8) is 0 Å². The van der Waals surface area contributed by atoms with Gasteiger partial charge in [-0.25, -0.2) is 0 Å². The molecule has 2 heterocycles. The molecule has 1 atom stereocenters. The molecule has 1 aliphatic rings. The van der Waals surface area contributed by atoms with Gasteiger partial charge in [0.25, 0.3) is 5.91 Å². The van der Waals surface area contributed by atoms with E-state index in [-0.39, 0.29) is 23.0 Å². The third kappa shape index (κ3) is 4.74. The standard InChI is InChI=1S/C27H32N4O3/c1-5-6-11-19(25(33)31-21-15-28-14-17-9-7-8-10-18(17)21)30-26(34)24-16(2)23-20(29-24)12-27(3,4)13-22(23)32/h7-10,14-15,19,29H,5-6,11-13H2,1-4H3,(H,30,34)(H,31,33). The predicted molar refractivity (Wildman–Crippen MR) is 133 cm³/mol. The zero-order valence-electron chi connectivity index (χ0n) is 20.2. The number of aromatic nitrogens is 2. The molecule has 3 aromatic rings. The first-order chi connectivity index (χ1) is 16.2. The maximum Gasteiger partial charge on any atom is 0.268 e. The Balaban J connectivity index is 1.56. The lowest BCUT2D eigenvalue weighted by Crippen LogP contribution is -2.44. The number of unbranched alkanes of at least 4 members (excludes halogenated alkanes) is 1. The van der Waals surface area contributed by atoms with Crippen molar-refractivity contribution in [2.24, 2.45) is 5.41 Å². The first-order valence-electron chi connectivity index (χ1n) is 11.9. The van der Waals surface area contributed by atoms with Gasteiger partial charge in [-0.3, -0.25) is 19.4 Å². The molecule has 1 unspecified atom stereocenters. The van der Waals surface area contributed by atoms with Crippen LogP contribution in [-0.2, 0) is 11.2 Å². The van der Waals surface area contributed by atoms with Crippen LogP contribution in [0.3, 0.4) is 0 Å². The van der Waals surface area contributed by atoms with Gasteiger partial charge in [0, 0.05) is 34.6 Å². The minimum absolute atomic E-state index is 0.0581. The second kappa shape index (κ2) is 9.41. The molecule has 4 rings (SSSR count). The highest BCUT2D eigenvalue weighted by atomic mass is 16.2. The number of aromatic amines is 1. The van der Waals surface area contributed by atoms with E-state index in [1.165, 1.54) is 0 Å². The lowest BCUT2D eigenvalue weighted by molar-refractivity contribution is -0.118. The van der Waals surface area contributed by atoms with Crippen molar-refractivity contribution >= 4 is 34.1 Å². The summed E-state index contributed by atoms with van der Waals surface area (Å²) in [7, 11) is 0. The summed E-state index contributed by atoms with van der Waals surface area (Å²) < 4.78 is 0. The molecule has 0 radical (unpaired) electrons. The van der Waals surface area contributed by atoms with Crippen LogP contribution in [-0.4, -0.2) is 33.6 Å². The van der Waals surface area contributed by atoms with Gasteiger partial charge in [0.2, 0.25) is 5.91 Å². The maximum atomic E-state index is 13.2. The Morgan fingerprint density at radius 1 is 1.18 bits per heavy atom. The fourth-order valence-corrected chi connectivity index (χ4v) is 4.80. The van der Waals surface area contributed by atoms with E-state index in [9.17, 15) is 14.4 Å². The zero-order chi connectivity index (χ0) is 24.5. The quantitative estimate of drug-likeness (QED) is 0.464. The van der Waals surface area contributed by atoms with Gasteiger partial charge in [-0.05, 0) is 30.7 Å². The van der Waals surface area contributed by atoms with Crippen LogP contribution >= 0.6 is 0 Å². The lowest BCUT2D eigenvalue weighted by atomic mass is 9.75. The number of nitrogens with zero attached hydrogens (tertiary/aromatic N) is 1. The molecular formula is C27H32N4O3. The minimum atomic E-state index is -0.710. The SMILES string of the molecule is CCCCC(NC(=O)c1[nH]c2c(c1C)C(=O)CC(C)(C)C2)C(=O)Nc1cncc2ccccc12. The van der Waals surface area contributed by atoms with E-state index >= 15 is 0 Å². The van der Waals surface area contributed by atoms with Gasteiger partial charge >= 0.3 is 0 Å². The van der Waals surface area contributed by atoms with Crippen LogP contribution < -0.4 is 10.6 Å². The number of benzene rings is 1. The maximum absolute atomic E-state index is 13.2. The summed E-state index contributed by atoms with van der Waals surface area (Å²) in [5, 5.41) is 7.67. The fraction of sp³-hybridized carbons (Fsp3) is 0.407. The van der Waals surface area contributed by atoms with Gasteiger partial charge in [0.05, 0.1) is 11.9 Å². The van der Waals surface area contributed by atoms with Crippen LogP contribution in [0.2, 0.25) is 0 Å². The van der Waals surface area contributed by atoms with Gasteiger partial charge in [-0.15, -0.1) is 0 Å².